The van der Waals surface area contributed by atoms with E-state index < -0.39 is 5.92 Å². The zero-order chi connectivity index (χ0) is 11.2. The molecule has 0 aromatic carbocycles. The Morgan fingerprint density at radius 2 is 1.71 bits per heavy atom. The summed E-state index contributed by atoms with van der Waals surface area (Å²) >= 11 is 0. The van der Waals surface area contributed by atoms with E-state index in [1.807, 2.05) is 20.8 Å². The molecule has 3 heteroatoms. The summed E-state index contributed by atoms with van der Waals surface area (Å²) in [7, 11) is 1.70. The first-order chi connectivity index (χ1) is 6.33. The minimum Gasteiger partial charge on any atom is -0.320 e. The number of hydrogen-bond donors (Lipinski definition) is 1. The van der Waals surface area contributed by atoms with Gasteiger partial charge in [0.2, 0.25) is 5.92 Å². The molecule has 0 aliphatic carbocycles. The van der Waals surface area contributed by atoms with Gasteiger partial charge in [-0.1, -0.05) is 27.2 Å². The second-order valence-corrected chi connectivity index (χ2v) is 4.80. The highest BCUT2D eigenvalue weighted by atomic mass is 19.3. The van der Waals surface area contributed by atoms with Crippen molar-refractivity contribution < 1.29 is 8.78 Å². The van der Waals surface area contributed by atoms with Gasteiger partial charge in [-0.15, -0.1) is 0 Å². The molecular weight excluding hydrogens is 184 g/mol. The predicted octanol–water partition coefficient (Wildman–Crippen LogP) is 3.45. The smallest absolute Gasteiger partial charge is 0.249 e. The van der Waals surface area contributed by atoms with Gasteiger partial charge >= 0.3 is 0 Å². The molecule has 0 aromatic rings. The molecule has 1 nitrogen and oxygen atoms in total. The third-order valence-corrected chi connectivity index (χ3v) is 2.40. The minimum atomic E-state index is -2.53. The van der Waals surface area contributed by atoms with Crippen LogP contribution in [0, 0.1) is 5.41 Å². The van der Waals surface area contributed by atoms with E-state index in [0.717, 1.165) is 12.8 Å². The summed E-state index contributed by atoms with van der Waals surface area (Å²) in [6.45, 7) is 6.26. The monoisotopic (exact) mass is 207 g/mol. The molecule has 0 atom stereocenters. The van der Waals surface area contributed by atoms with Crippen LogP contribution in [0.15, 0.2) is 0 Å². The van der Waals surface area contributed by atoms with Crippen molar-refractivity contribution in [1.29, 1.82) is 0 Å². The van der Waals surface area contributed by atoms with Crippen LogP contribution in [0.25, 0.3) is 0 Å². The van der Waals surface area contributed by atoms with Crippen LogP contribution in [0.4, 0.5) is 8.78 Å². The van der Waals surface area contributed by atoms with Gasteiger partial charge in [0.25, 0.3) is 0 Å². The molecule has 14 heavy (non-hydrogen) atoms. The van der Waals surface area contributed by atoms with E-state index in [9.17, 15) is 8.78 Å². The zero-order valence-corrected chi connectivity index (χ0v) is 9.79. The van der Waals surface area contributed by atoms with Crippen LogP contribution in [-0.4, -0.2) is 19.5 Å². The van der Waals surface area contributed by atoms with Crippen molar-refractivity contribution in [2.45, 2.75) is 52.4 Å². The topological polar surface area (TPSA) is 12.0 Å². The summed E-state index contributed by atoms with van der Waals surface area (Å²) in [6.07, 6.45) is 1.77. The van der Waals surface area contributed by atoms with Gasteiger partial charge in [0.1, 0.15) is 0 Å². The summed E-state index contributed by atoms with van der Waals surface area (Å²) in [5, 5.41) is 2.76. The van der Waals surface area contributed by atoms with E-state index in [4.69, 9.17) is 0 Å². The summed E-state index contributed by atoms with van der Waals surface area (Å²) in [6, 6.07) is 0. The lowest BCUT2D eigenvalue weighted by Gasteiger charge is -2.29. The van der Waals surface area contributed by atoms with Crippen LogP contribution >= 0.6 is 0 Å². The SMILES string of the molecule is CCCC(C)(C)CC(F)(F)CCNC. The molecule has 0 rings (SSSR count). The van der Waals surface area contributed by atoms with Crippen molar-refractivity contribution in [2.75, 3.05) is 13.6 Å². The molecule has 0 aromatic heterocycles. The Balaban J connectivity index is 4.05. The molecule has 86 valence electrons. The third-order valence-electron chi connectivity index (χ3n) is 2.40. The summed E-state index contributed by atoms with van der Waals surface area (Å²) in [5.41, 5.74) is -0.244. The Labute approximate surface area is 86.3 Å². The van der Waals surface area contributed by atoms with Gasteiger partial charge in [-0.25, -0.2) is 8.78 Å². The van der Waals surface area contributed by atoms with Crippen molar-refractivity contribution in [2.24, 2.45) is 5.41 Å². The lowest BCUT2D eigenvalue weighted by atomic mass is 9.81. The fraction of sp³-hybridized carbons (Fsp3) is 1.00. The first kappa shape index (κ1) is 13.8. The normalized spacial score (nSPS) is 13.3. The Bertz CT molecular complexity index is 155. The van der Waals surface area contributed by atoms with E-state index >= 15 is 0 Å². The van der Waals surface area contributed by atoms with E-state index in [1.165, 1.54) is 0 Å². The average Bonchev–Trinajstić information content (AvgIpc) is 1.98. The summed E-state index contributed by atoms with van der Waals surface area (Å²) in [5.74, 6) is -2.53. The van der Waals surface area contributed by atoms with Crippen molar-refractivity contribution in [3.63, 3.8) is 0 Å². The lowest BCUT2D eigenvalue weighted by molar-refractivity contribution is -0.0471. The molecule has 0 amide bonds. The molecule has 0 unspecified atom stereocenters. The largest absolute Gasteiger partial charge is 0.320 e. The maximum Gasteiger partial charge on any atom is 0.249 e. The third kappa shape index (κ3) is 6.30. The van der Waals surface area contributed by atoms with Crippen molar-refractivity contribution in [3.05, 3.63) is 0 Å². The Kier molecular flexibility index (Phi) is 5.57. The van der Waals surface area contributed by atoms with Gasteiger partial charge in [-0.3, -0.25) is 0 Å². The van der Waals surface area contributed by atoms with E-state index in [-0.39, 0.29) is 18.3 Å². The first-order valence-corrected chi connectivity index (χ1v) is 5.35. The van der Waals surface area contributed by atoms with Crippen molar-refractivity contribution >= 4 is 0 Å². The standard InChI is InChI=1S/C11H23F2N/c1-5-6-10(2,3)9-11(12,13)7-8-14-4/h14H,5-9H2,1-4H3. The Morgan fingerprint density at radius 3 is 2.14 bits per heavy atom. The average molecular weight is 207 g/mol. The highest BCUT2D eigenvalue weighted by Crippen LogP contribution is 2.37. The van der Waals surface area contributed by atoms with Crippen LogP contribution in [-0.2, 0) is 0 Å². The number of hydrogen-bond acceptors (Lipinski definition) is 1. The number of rotatable bonds is 7. The molecule has 0 radical (unpaired) electrons. The van der Waals surface area contributed by atoms with Crippen molar-refractivity contribution in [1.82, 2.24) is 5.32 Å². The maximum absolute atomic E-state index is 13.4. The van der Waals surface area contributed by atoms with Crippen LogP contribution in [0.3, 0.4) is 0 Å². The molecular formula is C11H23F2N. The number of nitrogens with one attached hydrogen (secondary N) is 1. The molecule has 0 aliphatic heterocycles. The molecule has 0 saturated heterocycles. The van der Waals surface area contributed by atoms with Crippen molar-refractivity contribution in [3.8, 4) is 0 Å². The van der Waals surface area contributed by atoms with Crippen LogP contribution in [0.1, 0.15) is 46.5 Å². The highest BCUT2D eigenvalue weighted by Gasteiger charge is 2.35. The van der Waals surface area contributed by atoms with Crippen LogP contribution < -0.4 is 5.32 Å². The molecule has 0 aliphatic rings. The first-order valence-electron chi connectivity index (χ1n) is 5.35. The zero-order valence-electron chi connectivity index (χ0n) is 9.79. The van der Waals surface area contributed by atoms with Gasteiger partial charge in [0, 0.05) is 19.4 Å². The van der Waals surface area contributed by atoms with E-state index in [0.29, 0.717) is 6.54 Å². The molecule has 0 bridgehead atoms. The predicted molar refractivity (Wildman–Crippen MR) is 56.8 cm³/mol. The van der Waals surface area contributed by atoms with Gasteiger partial charge in [0.05, 0.1) is 0 Å². The van der Waals surface area contributed by atoms with E-state index in [2.05, 4.69) is 5.32 Å². The number of halogens is 2. The van der Waals surface area contributed by atoms with E-state index in [1.54, 1.807) is 7.05 Å². The Morgan fingerprint density at radius 1 is 1.14 bits per heavy atom. The maximum atomic E-state index is 13.4. The fourth-order valence-electron chi connectivity index (χ4n) is 1.86. The molecule has 0 fully saturated rings. The molecule has 0 spiro atoms. The lowest BCUT2D eigenvalue weighted by Crippen LogP contribution is -2.29. The summed E-state index contributed by atoms with van der Waals surface area (Å²) in [4.78, 5) is 0. The fourth-order valence-corrected chi connectivity index (χ4v) is 1.86. The minimum absolute atomic E-state index is 0.00444. The second kappa shape index (κ2) is 5.64. The molecule has 0 saturated carbocycles. The molecule has 0 heterocycles. The van der Waals surface area contributed by atoms with Gasteiger partial charge in [-0.05, 0) is 18.9 Å². The molecule has 1 N–H and O–H groups in total. The quantitative estimate of drug-likeness (QED) is 0.674. The van der Waals surface area contributed by atoms with Gasteiger partial charge in [0.15, 0.2) is 0 Å². The summed E-state index contributed by atoms with van der Waals surface area (Å²) < 4.78 is 26.8. The Hall–Kier alpha value is -0.180. The number of alkyl halides is 2. The second-order valence-electron chi connectivity index (χ2n) is 4.80. The van der Waals surface area contributed by atoms with Crippen LogP contribution in [0.5, 0.6) is 0 Å². The van der Waals surface area contributed by atoms with Crippen LogP contribution in [0.2, 0.25) is 0 Å². The highest BCUT2D eigenvalue weighted by molar-refractivity contribution is 4.78. The van der Waals surface area contributed by atoms with Gasteiger partial charge in [-0.2, -0.15) is 0 Å². The van der Waals surface area contributed by atoms with Gasteiger partial charge < -0.3 is 5.32 Å².